The minimum absolute atomic E-state index is 0.250. The predicted molar refractivity (Wildman–Crippen MR) is 67.2 cm³/mol. The number of hydrogen-bond donors (Lipinski definition) is 0. The van der Waals surface area contributed by atoms with Gasteiger partial charge in [0.25, 0.3) is 6.29 Å². The Balaban J connectivity index is 0. The van der Waals surface area contributed by atoms with Crippen molar-refractivity contribution in [2.75, 3.05) is 13.6 Å². The molecule has 0 saturated carbocycles. The first-order valence-electron chi connectivity index (χ1n) is 6.01. The number of carbonyl (C=O) groups is 1. The van der Waals surface area contributed by atoms with E-state index in [2.05, 4.69) is 10.1 Å². The second-order valence-electron chi connectivity index (χ2n) is 4.65. The molecule has 0 aromatic heterocycles. The first-order valence-corrected chi connectivity index (χ1v) is 6.01. The molecule has 21 heavy (non-hydrogen) atoms. The summed E-state index contributed by atoms with van der Waals surface area (Å²) in [5.41, 5.74) is -0.652. The molecule has 1 unspecified atom stereocenters. The summed E-state index contributed by atoms with van der Waals surface area (Å²) in [5.74, 6) is 0. The highest BCUT2D eigenvalue weighted by Crippen LogP contribution is 2.09. The van der Waals surface area contributed by atoms with Gasteiger partial charge in [-0.2, -0.15) is 9.59 Å². The molecule has 0 fully saturated rings. The van der Waals surface area contributed by atoms with E-state index in [1.54, 1.807) is 34.7 Å². The molecule has 0 aromatic rings. The molecule has 122 valence electrons. The topological polar surface area (TPSA) is 121 Å². The van der Waals surface area contributed by atoms with Crippen LogP contribution in [0.25, 0.3) is 0 Å². The summed E-state index contributed by atoms with van der Waals surface area (Å²) >= 11 is 0. The predicted octanol–water partition coefficient (Wildman–Crippen LogP) is 1.46. The van der Waals surface area contributed by atoms with Gasteiger partial charge in [-0.1, -0.05) is 0 Å². The van der Waals surface area contributed by atoms with Gasteiger partial charge in [-0.05, 0) is 27.7 Å². The van der Waals surface area contributed by atoms with Crippen LogP contribution in [0.5, 0.6) is 0 Å². The number of rotatable bonds is 5. The molecule has 10 heteroatoms. The fourth-order valence-corrected chi connectivity index (χ4v) is 0.721. The van der Waals surface area contributed by atoms with Gasteiger partial charge in [-0.25, -0.2) is 4.79 Å². The summed E-state index contributed by atoms with van der Waals surface area (Å²) in [4.78, 5) is 32.4. The summed E-state index contributed by atoms with van der Waals surface area (Å²) in [7, 11) is 1.54. The van der Waals surface area contributed by atoms with Gasteiger partial charge in [-0.15, -0.1) is 5.01 Å². The molecule has 0 amide bonds. The highest BCUT2D eigenvalue weighted by molar-refractivity contribution is 5.60. The van der Waals surface area contributed by atoms with Crippen molar-refractivity contribution in [1.82, 2.24) is 5.01 Å². The fourth-order valence-electron chi connectivity index (χ4n) is 0.721. The van der Waals surface area contributed by atoms with Crippen molar-refractivity contribution < 1.29 is 33.7 Å². The zero-order valence-corrected chi connectivity index (χ0v) is 13.0. The third-order valence-corrected chi connectivity index (χ3v) is 1.67. The third kappa shape index (κ3) is 13.9. The lowest BCUT2D eigenvalue weighted by Gasteiger charge is -2.19. The van der Waals surface area contributed by atoms with Gasteiger partial charge in [0.15, 0.2) is 0 Å². The van der Waals surface area contributed by atoms with Crippen LogP contribution in [0.1, 0.15) is 34.6 Å². The van der Waals surface area contributed by atoms with Crippen LogP contribution in [0.3, 0.4) is 0 Å². The lowest BCUT2D eigenvalue weighted by Crippen LogP contribution is -2.28. The van der Waals surface area contributed by atoms with E-state index in [1.165, 1.54) is 11.9 Å². The molecule has 0 spiro atoms. The molecule has 0 N–H and O–H groups in total. The van der Waals surface area contributed by atoms with Gasteiger partial charge in [0, 0.05) is 6.92 Å². The number of ether oxygens (including phenoxy) is 2. The zero-order valence-electron chi connectivity index (χ0n) is 13.0. The van der Waals surface area contributed by atoms with Gasteiger partial charge < -0.3 is 14.7 Å². The van der Waals surface area contributed by atoms with E-state index in [-0.39, 0.29) is 11.1 Å². The van der Waals surface area contributed by atoms with Crippen LogP contribution in [0.2, 0.25) is 0 Å². The number of carbonyl (C=O) groups excluding carboxylic acids is 3. The lowest BCUT2D eigenvalue weighted by molar-refractivity contribution is -0.707. The Hall–Kier alpha value is -2.35. The van der Waals surface area contributed by atoms with Gasteiger partial charge in [0.05, 0.1) is 18.6 Å². The van der Waals surface area contributed by atoms with Crippen molar-refractivity contribution in [2.45, 2.75) is 46.5 Å². The first-order chi connectivity index (χ1) is 9.57. The fraction of sp³-hybridized carbons (Fsp3) is 0.818. The number of hydrogen-bond acceptors (Lipinski definition) is 8. The summed E-state index contributed by atoms with van der Waals surface area (Å²) in [6.45, 7) is 8.80. The molecular weight excluding hydrogens is 286 g/mol. The van der Waals surface area contributed by atoms with E-state index in [4.69, 9.17) is 19.1 Å². The SMILES string of the molecule is CCN(C)/[N+]([O-])=N/OC(C)OC(=O)OC(C)(C)C.O=C=O. The Kier molecular flexibility index (Phi) is 10.4. The average molecular weight is 307 g/mol. The Morgan fingerprint density at radius 3 is 2.29 bits per heavy atom. The van der Waals surface area contributed by atoms with E-state index in [0.29, 0.717) is 6.54 Å². The largest absolute Gasteiger partial charge is 0.569 e. The molecule has 0 rings (SSSR count). The Morgan fingerprint density at radius 1 is 1.43 bits per heavy atom. The molecule has 0 aliphatic heterocycles. The molecule has 10 nitrogen and oxygen atoms in total. The van der Waals surface area contributed by atoms with Crippen molar-refractivity contribution in [3.05, 3.63) is 5.21 Å². The van der Waals surface area contributed by atoms with Crippen molar-refractivity contribution in [1.29, 1.82) is 0 Å². The highest BCUT2D eigenvalue weighted by Gasteiger charge is 2.20. The van der Waals surface area contributed by atoms with Crippen LogP contribution in [-0.4, -0.2) is 47.8 Å². The maximum atomic E-state index is 11.2. The van der Waals surface area contributed by atoms with Crippen LogP contribution in [-0.2, 0) is 23.9 Å². The van der Waals surface area contributed by atoms with Crippen LogP contribution >= 0.6 is 0 Å². The van der Waals surface area contributed by atoms with Crippen LogP contribution in [0.15, 0.2) is 5.28 Å². The summed E-state index contributed by atoms with van der Waals surface area (Å²) in [5, 5.41) is 15.7. The number of hydrazine groups is 1. The standard InChI is InChI=1S/C10H21N3O5.CO2/c1-7-12(6)13(15)11-18-8(2)16-9(14)17-10(3,4)5;2-1-3/h8H,7H2,1-6H3;/b13-11-;. The summed E-state index contributed by atoms with van der Waals surface area (Å²) in [6.07, 6.45) is -1.65. The average Bonchev–Trinajstić information content (AvgIpc) is 2.33. The number of nitrogens with zero attached hydrogens (tertiary/aromatic N) is 3. The second kappa shape index (κ2) is 10.4. The monoisotopic (exact) mass is 307 g/mol. The summed E-state index contributed by atoms with van der Waals surface area (Å²) < 4.78 is 9.63. The molecule has 0 saturated heterocycles. The minimum atomic E-state index is -1.01. The van der Waals surface area contributed by atoms with Crippen molar-refractivity contribution in [3.8, 4) is 0 Å². The molecule has 0 aliphatic carbocycles. The van der Waals surface area contributed by atoms with E-state index in [1.807, 2.05) is 0 Å². The second-order valence-corrected chi connectivity index (χ2v) is 4.65. The first kappa shape index (κ1) is 21.0. The minimum Gasteiger partial charge on any atom is -0.569 e. The Labute approximate surface area is 122 Å². The van der Waals surface area contributed by atoms with Crippen molar-refractivity contribution in [3.63, 3.8) is 0 Å². The van der Waals surface area contributed by atoms with E-state index in [0.717, 1.165) is 0 Å². The highest BCUT2D eigenvalue weighted by atomic mass is 16.8. The Bertz CT molecular complexity index is 373. The lowest BCUT2D eigenvalue weighted by atomic mass is 10.2. The van der Waals surface area contributed by atoms with E-state index in [9.17, 15) is 10.0 Å². The van der Waals surface area contributed by atoms with Gasteiger partial charge in [0.1, 0.15) is 5.60 Å². The van der Waals surface area contributed by atoms with Crippen molar-refractivity contribution in [2.24, 2.45) is 5.28 Å². The van der Waals surface area contributed by atoms with Gasteiger partial charge in [0.2, 0.25) is 5.28 Å². The zero-order chi connectivity index (χ0) is 17.1. The molecule has 0 aliphatic rings. The third-order valence-electron chi connectivity index (χ3n) is 1.67. The van der Waals surface area contributed by atoms with Crippen molar-refractivity contribution >= 4 is 12.3 Å². The summed E-state index contributed by atoms with van der Waals surface area (Å²) in [6, 6.07) is 0. The molecular formula is C11H21N3O7. The quantitative estimate of drug-likeness (QED) is 0.246. The van der Waals surface area contributed by atoms with Crippen LogP contribution < -0.4 is 0 Å². The molecule has 0 radical (unpaired) electrons. The van der Waals surface area contributed by atoms with E-state index < -0.39 is 18.0 Å². The van der Waals surface area contributed by atoms with Gasteiger partial charge in [-0.3, -0.25) is 4.84 Å². The molecule has 0 bridgehead atoms. The van der Waals surface area contributed by atoms with E-state index >= 15 is 0 Å². The van der Waals surface area contributed by atoms with Gasteiger partial charge >= 0.3 is 12.3 Å². The molecule has 1 atom stereocenters. The maximum Gasteiger partial charge on any atom is 0.511 e. The smallest absolute Gasteiger partial charge is 0.511 e. The molecule has 0 heterocycles. The normalized spacial score (nSPS) is 12.2. The Morgan fingerprint density at radius 2 is 1.90 bits per heavy atom. The molecule has 0 aromatic carbocycles. The maximum absolute atomic E-state index is 11.2. The van der Waals surface area contributed by atoms with Crippen LogP contribution in [0.4, 0.5) is 4.79 Å². The van der Waals surface area contributed by atoms with Crippen LogP contribution in [0, 0.1) is 5.21 Å².